The van der Waals surface area contributed by atoms with E-state index in [1.54, 1.807) is 0 Å². The zero-order valence-electron chi connectivity index (χ0n) is 16.4. The third-order valence-corrected chi connectivity index (χ3v) is 4.73. The Labute approximate surface area is 157 Å². The van der Waals surface area contributed by atoms with Gasteiger partial charge in [0, 0.05) is 0 Å². The lowest BCUT2D eigenvalue weighted by molar-refractivity contribution is 0.151. The summed E-state index contributed by atoms with van der Waals surface area (Å²) >= 11 is 0. The van der Waals surface area contributed by atoms with Crippen LogP contribution in [-0.2, 0) is 25.7 Å². The second-order valence-electron chi connectivity index (χ2n) is 6.41. The van der Waals surface area contributed by atoms with Crippen molar-refractivity contribution in [2.45, 2.75) is 66.2 Å². The molecule has 0 unspecified atom stereocenters. The van der Waals surface area contributed by atoms with Crippen molar-refractivity contribution in [1.82, 2.24) is 0 Å². The van der Waals surface area contributed by atoms with Crippen LogP contribution in [0.25, 0.3) is 0 Å². The average Bonchev–Trinajstić information content (AvgIpc) is 2.66. The number of hydrogen-bond acceptors (Lipinski definition) is 3. The number of hydrogen-bond donors (Lipinski definition) is 0. The molecule has 0 aliphatic carbocycles. The second kappa shape index (κ2) is 10.0. The number of unbranched alkanes of at least 4 members (excludes halogenated alkanes) is 1. The van der Waals surface area contributed by atoms with Gasteiger partial charge >= 0.3 is 6.16 Å². The zero-order valence-corrected chi connectivity index (χ0v) is 16.4. The molecule has 3 heteroatoms. The van der Waals surface area contributed by atoms with Crippen molar-refractivity contribution in [2.24, 2.45) is 0 Å². The summed E-state index contributed by atoms with van der Waals surface area (Å²) in [5, 5.41) is 0. The van der Waals surface area contributed by atoms with Crippen LogP contribution in [0.3, 0.4) is 0 Å². The van der Waals surface area contributed by atoms with Gasteiger partial charge in [-0.05, 0) is 66.5 Å². The highest BCUT2D eigenvalue weighted by molar-refractivity contribution is 5.68. The van der Waals surface area contributed by atoms with E-state index < -0.39 is 6.16 Å². The summed E-state index contributed by atoms with van der Waals surface area (Å²) in [7, 11) is 0. The van der Waals surface area contributed by atoms with E-state index in [-0.39, 0.29) is 0 Å². The molecule has 0 radical (unpaired) electrons. The van der Waals surface area contributed by atoms with E-state index in [9.17, 15) is 4.79 Å². The van der Waals surface area contributed by atoms with Gasteiger partial charge in [-0.1, -0.05) is 58.4 Å². The van der Waals surface area contributed by atoms with E-state index >= 15 is 0 Å². The zero-order chi connectivity index (χ0) is 18.9. The van der Waals surface area contributed by atoms with Gasteiger partial charge in [-0.3, -0.25) is 0 Å². The first-order chi connectivity index (χ1) is 12.6. The standard InChI is InChI=1S/C23H30O3/c1-5-9-12-18-13-10-11-14-21(18)25-23(24)26-22-16-15-17(6-2)19(7-3)20(22)8-4/h10-11,13-16H,5-9,12H2,1-4H3. The lowest BCUT2D eigenvalue weighted by Crippen LogP contribution is -2.16. The predicted octanol–water partition coefficient (Wildman–Crippen LogP) is 6.29. The maximum Gasteiger partial charge on any atom is 0.519 e. The first-order valence-electron chi connectivity index (χ1n) is 9.75. The van der Waals surface area contributed by atoms with E-state index in [1.807, 2.05) is 30.3 Å². The van der Waals surface area contributed by atoms with Crippen molar-refractivity contribution in [2.75, 3.05) is 0 Å². The highest BCUT2D eigenvalue weighted by Gasteiger charge is 2.16. The third-order valence-electron chi connectivity index (χ3n) is 4.73. The fourth-order valence-corrected chi connectivity index (χ4v) is 3.35. The summed E-state index contributed by atoms with van der Waals surface area (Å²) in [4.78, 5) is 12.4. The number of rotatable bonds is 8. The van der Waals surface area contributed by atoms with Gasteiger partial charge in [-0.15, -0.1) is 0 Å². The fourth-order valence-electron chi connectivity index (χ4n) is 3.35. The van der Waals surface area contributed by atoms with Gasteiger partial charge in [-0.25, -0.2) is 4.79 Å². The SMILES string of the molecule is CCCCc1ccccc1OC(=O)Oc1ccc(CC)c(CC)c1CC. The monoisotopic (exact) mass is 354 g/mol. The smallest absolute Gasteiger partial charge is 0.394 e. The van der Waals surface area contributed by atoms with Gasteiger partial charge in [0.25, 0.3) is 0 Å². The maximum atomic E-state index is 12.4. The molecule has 3 nitrogen and oxygen atoms in total. The Kier molecular flexibility index (Phi) is 7.71. The number of benzene rings is 2. The van der Waals surface area contributed by atoms with Gasteiger partial charge < -0.3 is 9.47 Å². The number of aryl methyl sites for hydroxylation is 2. The molecule has 26 heavy (non-hydrogen) atoms. The minimum absolute atomic E-state index is 0.588. The third kappa shape index (κ3) is 4.87. The van der Waals surface area contributed by atoms with Crippen molar-refractivity contribution < 1.29 is 14.3 Å². The van der Waals surface area contributed by atoms with Gasteiger partial charge in [0.05, 0.1) is 0 Å². The van der Waals surface area contributed by atoms with Crippen molar-refractivity contribution in [1.29, 1.82) is 0 Å². The molecule has 0 fully saturated rings. The van der Waals surface area contributed by atoms with Gasteiger partial charge in [0.1, 0.15) is 11.5 Å². The summed E-state index contributed by atoms with van der Waals surface area (Å²) < 4.78 is 11.1. The Hall–Kier alpha value is -2.29. The fraction of sp³-hybridized carbons (Fsp3) is 0.435. The molecule has 2 aromatic carbocycles. The van der Waals surface area contributed by atoms with Crippen LogP contribution >= 0.6 is 0 Å². The molecule has 0 spiro atoms. The summed E-state index contributed by atoms with van der Waals surface area (Å²) in [6, 6.07) is 11.6. The predicted molar refractivity (Wildman–Crippen MR) is 106 cm³/mol. The van der Waals surface area contributed by atoms with Crippen LogP contribution in [0, 0.1) is 0 Å². The van der Waals surface area contributed by atoms with Crippen LogP contribution in [0.1, 0.15) is 62.8 Å². The molecule has 0 bridgehead atoms. The normalized spacial score (nSPS) is 10.6. The van der Waals surface area contributed by atoms with E-state index in [1.165, 1.54) is 11.1 Å². The van der Waals surface area contributed by atoms with Crippen LogP contribution in [-0.4, -0.2) is 6.16 Å². The minimum atomic E-state index is -0.671. The molecule has 2 aromatic rings. The number of carbonyl (C=O) groups excluding carboxylic acids is 1. The molecule has 0 heterocycles. The van der Waals surface area contributed by atoms with Crippen LogP contribution < -0.4 is 9.47 Å². The molecular formula is C23H30O3. The number of para-hydroxylation sites is 1. The molecule has 0 saturated heterocycles. The molecular weight excluding hydrogens is 324 g/mol. The van der Waals surface area contributed by atoms with E-state index in [0.717, 1.165) is 49.7 Å². The van der Waals surface area contributed by atoms with Crippen LogP contribution in [0.2, 0.25) is 0 Å². The Morgan fingerprint density at radius 2 is 1.46 bits per heavy atom. The molecule has 0 aliphatic rings. The summed E-state index contributed by atoms with van der Waals surface area (Å²) in [5.74, 6) is 1.20. The van der Waals surface area contributed by atoms with Crippen molar-refractivity contribution in [3.63, 3.8) is 0 Å². The number of carbonyl (C=O) groups is 1. The molecule has 0 N–H and O–H groups in total. The molecule has 0 aromatic heterocycles. The molecule has 0 amide bonds. The van der Waals surface area contributed by atoms with Crippen molar-refractivity contribution in [3.05, 3.63) is 58.7 Å². The Morgan fingerprint density at radius 3 is 2.12 bits per heavy atom. The maximum absolute atomic E-state index is 12.4. The first-order valence-corrected chi connectivity index (χ1v) is 9.75. The highest BCUT2D eigenvalue weighted by Crippen LogP contribution is 2.28. The van der Waals surface area contributed by atoms with Crippen LogP contribution in [0.4, 0.5) is 4.79 Å². The molecule has 0 saturated carbocycles. The Balaban J connectivity index is 2.18. The van der Waals surface area contributed by atoms with Gasteiger partial charge in [0.15, 0.2) is 0 Å². The highest BCUT2D eigenvalue weighted by atomic mass is 16.7. The van der Waals surface area contributed by atoms with Crippen molar-refractivity contribution >= 4 is 6.16 Å². The van der Waals surface area contributed by atoms with E-state index in [2.05, 4.69) is 33.8 Å². The van der Waals surface area contributed by atoms with Gasteiger partial charge in [0.2, 0.25) is 0 Å². The van der Waals surface area contributed by atoms with Crippen LogP contribution in [0.15, 0.2) is 36.4 Å². The quantitative estimate of drug-likeness (QED) is 0.412. The van der Waals surface area contributed by atoms with Crippen molar-refractivity contribution in [3.8, 4) is 11.5 Å². The summed E-state index contributed by atoms with van der Waals surface area (Å²) in [6.07, 6.45) is 5.12. The van der Waals surface area contributed by atoms with Gasteiger partial charge in [-0.2, -0.15) is 0 Å². The molecule has 140 valence electrons. The first kappa shape index (κ1) is 20.0. The van der Waals surface area contributed by atoms with Crippen LogP contribution in [0.5, 0.6) is 11.5 Å². The van der Waals surface area contributed by atoms with E-state index in [4.69, 9.17) is 9.47 Å². The molecule has 0 aliphatic heterocycles. The molecule has 0 atom stereocenters. The lowest BCUT2D eigenvalue weighted by Gasteiger charge is -2.16. The Morgan fingerprint density at radius 1 is 0.769 bits per heavy atom. The minimum Gasteiger partial charge on any atom is -0.394 e. The van der Waals surface area contributed by atoms with E-state index in [0.29, 0.717) is 11.5 Å². The topological polar surface area (TPSA) is 35.5 Å². The molecule has 2 rings (SSSR count). The summed E-state index contributed by atoms with van der Waals surface area (Å²) in [6.45, 7) is 8.52. The lowest BCUT2D eigenvalue weighted by atomic mass is 9.95. The largest absolute Gasteiger partial charge is 0.519 e. The number of ether oxygens (including phenoxy) is 2. The second-order valence-corrected chi connectivity index (χ2v) is 6.41. The average molecular weight is 354 g/mol. The Bertz CT molecular complexity index is 734. The summed E-state index contributed by atoms with van der Waals surface area (Å²) in [5.41, 5.74) is 4.74.